The van der Waals surface area contributed by atoms with E-state index in [9.17, 15) is 9.90 Å². The average Bonchev–Trinajstić information content (AvgIpc) is 2.83. The van der Waals surface area contributed by atoms with Crippen molar-refractivity contribution in [1.82, 2.24) is 4.90 Å². The van der Waals surface area contributed by atoms with Crippen LogP contribution in [0.2, 0.25) is 0 Å². The van der Waals surface area contributed by atoms with Gasteiger partial charge >= 0.3 is 0 Å². The van der Waals surface area contributed by atoms with Crippen molar-refractivity contribution in [2.75, 3.05) is 0 Å². The first-order valence-corrected chi connectivity index (χ1v) is 7.94. The first kappa shape index (κ1) is 16.1. The van der Waals surface area contributed by atoms with E-state index >= 15 is 0 Å². The highest BCUT2D eigenvalue weighted by atomic mass is 16.3. The molecule has 0 saturated carbocycles. The molecule has 1 aliphatic rings. The van der Waals surface area contributed by atoms with Crippen LogP contribution in [0, 0.1) is 0 Å². The number of hydrogen-bond donors (Lipinski definition) is 1. The van der Waals surface area contributed by atoms with E-state index in [0.29, 0.717) is 29.8 Å². The van der Waals surface area contributed by atoms with Crippen molar-refractivity contribution in [3.8, 4) is 5.75 Å². The summed E-state index contributed by atoms with van der Waals surface area (Å²) in [5, 5.41) is 10.4. The molecule has 0 saturated heterocycles. The molecule has 24 heavy (non-hydrogen) atoms. The lowest BCUT2D eigenvalue weighted by Crippen LogP contribution is -2.23. The maximum absolute atomic E-state index is 13.0. The normalized spacial score (nSPS) is 13.1. The van der Waals surface area contributed by atoms with Crippen LogP contribution in [0.4, 0.5) is 0 Å². The van der Waals surface area contributed by atoms with E-state index in [1.807, 2.05) is 44.2 Å². The van der Waals surface area contributed by atoms with Gasteiger partial charge in [-0.3, -0.25) is 4.79 Å². The van der Waals surface area contributed by atoms with Gasteiger partial charge < -0.3 is 10.0 Å². The fourth-order valence-electron chi connectivity index (χ4n) is 3.29. The van der Waals surface area contributed by atoms with Crippen molar-refractivity contribution >= 4 is 17.1 Å². The lowest BCUT2D eigenvalue weighted by atomic mass is 9.91. The Morgan fingerprint density at radius 1 is 1.17 bits per heavy atom. The lowest BCUT2D eigenvalue weighted by Gasteiger charge is -2.16. The summed E-state index contributed by atoms with van der Waals surface area (Å²) < 4.78 is 0. The SMILES string of the molecule is C=C(C)c1cc(O)c(C(=C)C)c2c1C(=O)N(Cc1ccccc1)C2. The molecule has 0 unspecified atom stereocenters. The standard InChI is InChI=1S/C21H21NO2/c1-13(2)16-10-18(23)19(14(3)4)17-12-22(21(24)20(16)17)11-15-8-6-5-7-9-15/h5-10,23H,1,3,11-12H2,2,4H3. The van der Waals surface area contributed by atoms with Crippen LogP contribution in [-0.2, 0) is 13.1 Å². The van der Waals surface area contributed by atoms with Crippen LogP contribution >= 0.6 is 0 Å². The van der Waals surface area contributed by atoms with Gasteiger partial charge in [-0.15, -0.1) is 0 Å². The molecule has 3 heteroatoms. The third kappa shape index (κ3) is 2.62. The minimum atomic E-state index is -0.0191. The lowest BCUT2D eigenvalue weighted by molar-refractivity contribution is 0.0766. The maximum atomic E-state index is 13.0. The second-order valence-corrected chi connectivity index (χ2v) is 6.38. The van der Waals surface area contributed by atoms with Crippen LogP contribution in [0.3, 0.4) is 0 Å². The Kier molecular flexibility index (Phi) is 4.02. The minimum absolute atomic E-state index is 0.0191. The van der Waals surface area contributed by atoms with Crippen molar-refractivity contribution in [1.29, 1.82) is 0 Å². The number of phenols is 1. The number of aromatic hydroxyl groups is 1. The summed E-state index contributed by atoms with van der Waals surface area (Å²) in [7, 11) is 0. The maximum Gasteiger partial charge on any atom is 0.255 e. The summed E-state index contributed by atoms with van der Waals surface area (Å²) in [6.45, 7) is 12.6. The molecule has 3 rings (SSSR count). The molecule has 0 fully saturated rings. The molecular weight excluding hydrogens is 298 g/mol. The zero-order valence-electron chi connectivity index (χ0n) is 14.1. The molecule has 3 nitrogen and oxygen atoms in total. The summed E-state index contributed by atoms with van der Waals surface area (Å²) in [4.78, 5) is 14.8. The fourth-order valence-corrected chi connectivity index (χ4v) is 3.29. The van der Waals surface area contributed by atoms with Crippen LogP contribution in [0.1, 0.15) is 46.5 Å². The van der Waals surface area contributed by atoms with Crippen LogP contribution in [0.15, 0.2) is 49.6 Å². The number of carbonyl (C=O) groups is 1. The Morgan fingerprint density at radius 3 is 2.42 bits per heavy atom. The van der Waals surface area contributed by atoms with Gasteiger partial charge in [0.1, 0.15) is 5.75 Å². The van der Waals surface area contributed by atoms with Crippen molar-refractivity contribution < 1.29 is 9.90 Å². The summed E-state index contributed by atoms with van der Waals surface area (Å²) >= 11 is 0. The zero-order valence-corrected chi connectivity index (χ0v) is 14.1. The Morgan fingerprint density at radius 2 is 1.83 bits per heavy atom. The monoisotopic (exact) mass is 319 g/mol. The third-order valence-corrected chi connectivity index (χ3v) is 4.36. The number of nitrogens with zero attached hydrogens (tertiary/aromatic N) is 1. The number of rotatable bonds is 4. The van der Waals surface area contributed by atoms with Crippen LogP contribution < -0.4 is 0 Å². The minimum Gasteiger partial charge on any atom is -0.507 e. The highest BCUT2D eigenvalue weighted by Crippen LogP contribution is 2.40. The summed E-state index contributed by atoms with van der Waals surface area (Å²) in [6.07, 6.45) is 0. The molecule has 0 aromatic heterocycles. The van der Waals surface area contributed by atoms with E-state index in [1.54, 1.807) is 11.0 Å². The Balaban J connectivity index is 2.09. The molecule has 1 N–H and O–H groups in total. The largest absolute Gasteiger partial charge is 0.507 e. The zero-order chi connectivity index (χ0) is 17.4. The van der Waals surface area contributed by atoms with Crippen molar-refractivity contribution in [2.24, 2.45) is 0 Å². The summed E-state index contributed by atoms with van der Waals surface area (Å²) in [6, 6.07) is 11.5. The Labute approximate surface area is 142 Å². The van der Waals surface area contributed by atoms with Crippen LogP contribution in [-0.4, -0.2) is 15.9 Å². The number of hydrogen-bond acceptors (Lipinski definition) is 2. The molecule has 0 aliphatic carbocycles. The van der Waals surface area contributed by atoms with Gasteiger partial charge in [-0.05, 0) is 42.2 Å². The van der Waals surface area contributed by atoms with Crippen molar-refractivity contribution in [3.05, 3.63) is 77.4 Å². The van der Waals surface area contributed by atoms with E-state index in [4.69, 9.17) is 0 Å². The first-order valence-electron chi connectivity index (χ1n) is 7.94. The van der Waals surface area contributed by atoms with Crippen molar-refractivity contribution in [2.45, 2.75) is 26.9 Å². The molecule has 1 heterocycles. The summed E-state index contributed by atoms with van der Waals surface area (Å²) in [5.74, 6) is 0.142. The van der Waals surface area contributed by atoms with Gasteiger partial charge in [-0.1, -0.05) is 49.1 Å². The van der Waals surface area contributed by atoms with Gasteiger partial charge in [-0.2, -0.15) is 0 Å². The molecule has 1 amide bonds. The number of benzene rings is 2. The van der Waals surface area contributed by atoms with Gasteiger partial charge in [-0.25, -0.2) is 0 Å². The number of carbonyl (C=O) groups excluding carboxylic acids is 1. The van der Waals surface area contributed by atoms with E-state index in [0.717, 1.165) is 22.3 Å². The van der Waals surface area contributed by atoms with E-state index in [-0.39, 0.29) is 11.7 Å². The quantitative estimate of drug-likeness (QED) is 0.893. The predicted octanol–water partition coefficient (Wildman–Crippen LogP) is 4.61. The van der Waals surface area contributed by atoms with Gasteiger partial charge in [0.15, 0.2) is 0 Å². The van der Waals surface area contributed by atoms with Crippen molar-refractivity contribution in [3.63, 3.8) is 0 Å². The molecule has 0 bridgehead atoms. The number of allylic oxidation sites excluding steroid dienone is 2. The molecule has 0 spiro atoms. The predicted molar refractivity (Wildman–Crippen MR) is 97.5 cm³/mol. The van der Waals surface area contributed by atoms with Crippen LogP contribution in [0.5, 0.6) is 5.75 Å². The second-order valence-electron chi connectivity index (χ2n) is 6.38. The third-order valence-electron chi connectivity index (χ3n) is 4.36. The van der Waals surface area contributed by atoms with E-state index in [1.165, 1.54) is 0 Å². The molecule has 2 aromatic carbocycles. The molecule has 1 aliphatic heterocycles. The topological polar surface area (TPSA) is 40.5 Å². The first-order chi connectivity index (χ1) is 11.4. The molecule has 0 radical (unpaired) electrons. The second kappa shape index (κ2) is 6.00. The Bertz CT molecular complexity index is 850. The number of amides is 1. The average molecular weight is 319 g/mol. The molecule has 122 valence electrons. The van der Waals surface area contributed by atoms with Gasteiger partial charge in [0, 0.05) is 18.7 Å². The van der Waals surface area contributed by atoms with Gasteiger partial charge in [0.05, 0.1) is 5.56 Å². The summed E-state index contributed by atoms with van der Waals surface area (Å²) in [5.41, 5.74) is 5.50. The Hall–Kier alpha value is -2.81. The fraction of sp³-hybridized carbons (Fsp3) is 0.190. The highest BCUT2D eigenvalue weighted by Gasteiger charge is 2.33. The molecular formula is C21H21NO2. The smallest absolute Gasteiger partial charge is 0.255 e. The number of fused-ring (bicyclic) bond motifs is 1. The van der Waals surface area contributed by atoms with E-state index in [2.05, 4.69) is 13.2 Å². The number of phenolic OH excluding ortho intramolecular Hbond substituents is 1. The van der Waals surface area contributed by atoms with E-state index < -0.39 is 0 Å². The highest BCUT2D eigenvalue weighted by molar-refractivity contribution is 6.04. The van der Waals surface area contributed by atoms with Gasteiger partial charge in [0.2, 0.25) is 0 Å². The van der Waals surface area contributed by atoms with Crippen LogP contribution in [0.25, 0.3) is 11.1 Å². The van der Waals surface area contributed by atoms with Gasteiger partial charge in [0.25, 0.3) is 5.91 Å². The molecule has 0 atom stereocenters. The molecule has 2 aromatic rings.